The maximum absolute atomic E-state index is 12.2. The Kier molecular flexibility index (Phi) is 6.37. The van der Waals surface area contributed by atoms with Crippen molar-refractivity contribution in [1.82, 2.24) is 10.6 Å². The van der Waals surface area contributed by atoms with Gasteiger partial charge in [0.2, 0.25) is 5.91 Å². The molecule has 0 aliphatic carbocycles. The van der Waals surface area contributed by atoms with Gasteiger partial charge in [0.25, 0.3) is 11.1 Å². The highest BCUT2D eigenvalue weighted by Gasteiger charge is 2.34. The van der Waals surface area contributed by atoms with Crippen LogP contribution in [0.15, 0.2) is 23.1 Å². The number of thioether (sulfide) groups is 2. The third-order valence-electron chi connectivity index (χ3n) is 3.55. The van der Waals surface area contributed by atoms with Gasteiger partial charge in [0.15, 0.2) is 11.5 Å². The second-order valence-electron chi connectivity index (χ2n) is 5.55. The van der Waals surface area contributed by atoms with Crippen LogP contribution < -0.4 is 20.1 Å². The zero-order chi connectivity index (χ0) is 20.3. The van der Waals surface area contributed by atoms with Gasteiger partial charge in [0, 0.05) is 0 Å². The normalized spacial score (nSPS) is 20.3. The van der Waals surface area contributed by atoms with Crippen molar-refractivity contribution in [2.24, 2.45) is 0 Å². The molecule has 1 unspecified atom stereocenters. The summed E-state index contributed by atoms with van der Waals surface area (Å²) in [7, 11) is 0. The van der Waals surface area contributed by atoms with E-state index in [0.717, 1.165) is 23.5 Å². The number of thiocarbonyl (C=S) groups is 1. The van der Waals surface area contributed by atoms with Crippen LogP contribution in [-0.2, 0) is 14.4 Å². The van der Waals surface area contributed by atoms with E-state index in [4.69, 9.17) is 21.7 Å². The molecule has 8 nitrogen and oxygen atoms in total. The fraction of sp³-hybridized carbons (Fsp3) is 0.235. The fourth-order valence-electron chi connectivity index (χ4n) is 2.38. The molecule has 3 amide bonds. The van der Waals surface area contributed by atoms with Gasteiger partial charge in [0.05, 0.1) is 17.9 Å². The molecule has 2 saturated heterocycles. The van der Waals surface area contributed by atoms with E-state index in [1.165, 1.54) is 6.07 Å². The second-order valence-corrected chi connectivity index (χ2v) is 8.45. The van der Waals surface area contributed by atoms with Crippen LogP contribution in [0.1, 0.15) is 18.9 Å². The van der Waals surface area contributed by atoms with Crippen LogP contribution in [0.3, 0.4) is 0 Å². The van der Waals surface area contributed by atoms with Gasteiger partial charge in [-0.25, -0.2) is 0 Å². The summed E-state index contributed by atoms with van der Waals surface area (Å²) in [4.78, 5) is 47.1. The molecule has 0 aromatic heterocycles. The average molecular weight is 439 g/mol. The van der Waals surface area contributed by atoms with Gasteiger partial charge in [-0.2, -0.15) is 0 Å². The van der Waals surface area contributed by atoms with Crippen LogP contribution in [0.4, 0.5) is 4.79 Å². The Balaban J connectivity index is 1.74. The minimum Gasteiger partial charge on any atom is -0.490 e. The Morgan fingerprint density at radius 3 is 2.64 bits per heavy atom. The van der Waals surface area contributed by atoms with E-state index in [1.54, 1.807) is 25.1 Å². The number of esters is 1. The maximum Gasteiger partial charge on any atom is 0.312 e. The Morgan fingerprint density at radius 2 is 2.04 bits per heavy atom. The number of ether oxygens (including phenoxy) is 2. The molecule has 0 bridgehead atoms. The minimum atomic E-state index is -0.804. The average Bonchev–Trinajstić information content (AvgIpc) is 3.10. The standard InChI is InChI=1S/C17H14N2O6S3/c1-2-24-10-5-8(6-11-15(22)19-17(26)28-11)3-4-9(10)25-13(20)7-12-14(21)18-16(23)27-12/h3-6,12H,2,7H2,1H3,(H,18,21,23)(H,19,22,26)/b11-6-. The number of carbonyl (C=O) groups is 4. The van der Waals surface area contributed by atoms with E-state index in [2.05, 4.69) is 10.6 Å². The van der Waals surface area contributed by atoms with Gasteiger partial charge in [-0.1, -0.05) is 41.8 Å². The molecule has 2 N–H and O–H groups in total. The van der Waals surface area contributed by atoms with Crippen LogP contribution >= 0.6 is 35.7 Å². The molecular weight excluding hydrogens is 424 g/mol. The van der Waals surface area contributed by atoms with E-state index < -0.39 is 22.4 Å². The highest BCUT2D eigenvalue weighted by Crippen LogP contribution is 2.32. The third kappa shape index (κ3) is 4.91. The van der Waals surface area contributed by atoms with Gasteiger partial charge < -0.3 is 14.8 Å². The summed E-state index contributed by atoms with van der Waals surface area (Å²) in [6, 6.07) is 4.83. The smallest absolute Gasteiger partial charge is 0.312 e. The quantitative estimate of drug-likeness (QED) is 0.299. The first-order chi connectivity index (χ1) is 13.4. The molecule has 2 fully saturated rings. The highest BCUT2D eigenvalue weighted by atomic mass is 32.2. The predicted octanol–water partition coefficient (Wildman–Crippen LogP) is 2.22. The van der Waals surface area contributed by atoms with E-state index >= 15 is 0 Å². The number of rotatable bonds is 6. The number of benzene rings is 1. The molecule has 2 aliphatic rings. The van der Waals surface area contributed by atoms with Gasteiger partial charge >= 0.3 is 5.97 Å². The van der Waals surface area contributed by atoms with Gasteiger partial charge in [-0.3, -0.25) is 24.5 Å². The fourth-order valence-corrected chi connectivity index (χ4v) is 4.23. The lowest BCUT2D eigenvalue weighted by Crippen LogP contribution is -2.27. The Morgan fingerprint density at radius 1 is 1.25 bits per heavy atom. The van der Waals surface area contributed by atoms with Crippen molar-refractivity contribution in [1.29, 1.82) is 0 Å². The lowest BCUT2D eigenvalue weighted by molar-refractivity contribution is -0.136. The summed E-state index contributed by atoms with van der Waals surface area (Å²) in [5, 5.41) is 3.36. The number of amides is 3. The topological polar surface area (TPSA) is 111 Å². The van der Waals surface area contributed by atoms with Crippen LogP contribution in [0.2, 0.25) is 0 Å². The molecule has 2 aliphatic heterocycles. The van der Waals surface area contributed by atoms with E-state index in [-0.39, 0.29) is 18.1 Å². The Hall–Kier alpha value is -2.37. The highest BCUT2D eigenvalue weighted by molar-refractivity contribution is 8.26. The van der Waals surface area contributed by atoms with Crippen LogP contribution in [0.25, 0.3) is 6.08 Å². The number of hydrogen-bond acceptors (Lipinski definition) is 9. The lowest BCUT2D eigenvalue weighted by Gasteiger charge is -2.12. The van der Waals surface area contributed by atoms with E-state index in [0.29, 0.717) is 27.1 Å². The predicted molar refractivity (Wildman–Crippen MR) is 109 cm³/mol. The summed E-state index contributed by atoms with van der Waals surface area (Å²) in [6.45, 7) is 2.11. The molecule has 1 atom stereocenters. The second kappa shape index (κ2) is 8.76. The molecule has 0 radical (unpaired) electrons. The summed E-state index contributed by atoms with van der Waals surface area (Å²) >= 11 is 6.87. The summed E-state index contributed by atoms with van der Waals surface area (Å²) in [6.07, 6.45) is 1.41. The van der Waals surface area contributed by atoms with Gasteiger partial charge in [-0.05, 0) is 30.7 Å². The van der Waals surface area contributed by atoms with Crippen molar-refractivity contribution >= 4 is 69.2 Å². The van der Waals surface area contributed by atoms with Gasteiger partial charge in [-0.15, -0.1) is 0 Å². The molecule has 0 saturated carbocycles. The SMILES string of the molecule is CCOc1cc(/C=C2\SC(=S)NC2=O)ccc1OC(=O)CC1SC(=O)NC1=O. The maximum atomic E-state index is 12.2. The number of nitrogens with one attached hydrogen (secondary N) is 2. The monoisotopic (exact) mass is 438 g/mol. The molecule has 1 aromatic rings. The third-order valence-corrected chi connectivity index (χ3v) is 5.69. The summed E-state index contributed by atoms with van der Waals surface area (Å²) in [5.41, 5.74) is 0.668. The summed E-state index contributed by atoms with van der Waals surface area (Å²) < 4.78 is 11.2. The van der Waals surface area contributed by atoms with Crippen molar-refractivity contribution in [2.75, 3.05) is 6.61 Å². The number of carbonyl (C=O) groups excluding carboxylic acids is 4. The van der Waals surface area contributed by atoms with E-state index in [9.17, 15) is 19.2 Å². The lowest BCUT2D eigenvalue weighted by atomic mass is 10.2. The zero-order valence-corrected chi connectivity index (χ0v) is 16.9. The Labute approximate surface area is 173 Å². The molecule has 0 spiro atoms. The molecule has 146 valence electrons. The Bertz CT molecular complexity index is 914. The first-order valence-electron chi connectivity index (χ1n) is 8.09. The van der Waals surface area contributed by atoms with Crippen molar-refractivity contribution in [3.05, 3.63) is 28.7 Å². The molecular formula is C17H14N2O6S3. The van der Waals surface area contributed by atoms with Crippen LogP contribution in [0.5, 0.6) is 11.5 Å². The first kappa shape index (κ1) is 20.4. The van der Waals surface area contributed by atoms with Crippen molar-refractivity contribution < 1.29 is 28.7 Å². The molecule has 11 heteroatoms. The molecule has 28 heavy (non-hydrogen) atoms. The van der Waals surface area contributed by atoms with Crippen LogP contribution in [-0.4, -0.2) is 39.2 Å². The minimum absolute atomic E-state index is 0.183. The summed E-state index contributed by atoms with van der Waals surface area (Å²) in [5.74, 6) is -0.946. The number of imide groups is 1. The zero-order valence-electron chi connectivity index (χ0n) is 14.5. The molecule has 3 rings (SSSR count). The van der Waals surface area contributed by atoms with Crippen LogP contribution in [0, 0.1) is 0 Å². The van der Waals surface area contributed by atoms with Gasteiger partial charge in [0.1, 0.15) is 9.57 Å². The molecule has 1 aromatic carbocycles. The first-order valence-corrected chi connectivity index (χ1v) is 10.2. The molecule has 2 heterocycles. The number of hydrogen-bond donors (Lipinski definition) is 2. The van der Waals surface area contributed by atoms with E-state index in [1.807, 2.05) is 0 Å². The van der Waals surface area contributed by atoms with Crippen molar-refractivity contribution in [3.63, 3.8) is 0 Å². The largest absolute Gasteiger partial charge is 0.490 e. The van der Waals surface area contributed by atoms with Crippen molar-refractivity contribution in [2.45, 2.75) is 18.6 Å². The van der Waals surface area contributed by atoms with Crippen molar-refractivity contribution in [3.8, 4) is 11.5 Å².